The third kappa shape index (κ3) is 3.93. The number of rotatable bonds is 3. The number of hydrogen-bond donors (Lipinski definition) is 0. The fourth-order valence-electron chi connectivity index (χ4n) is 8.62. The molecule has 4 aromatic heterocycles. The minimum Gasteiger partial charge on any atom is -0.309 e. The highest BCUT2D eigenvalue weighted by atomic mass is 32.1. The molecule has 0 saturated carbocycles. The lowest BCUT2D eigenvalue weighted by molar-refractivity contribution is 1.18. The van der Waals surface area contributed by atoms with Gasteiger partial charge in [-0.15, -0.1) is 22.7 Å². The third-order valence-electron chi connectivity index (χ3n) is 10.9. The third-order valence-corrected chi connectivity index (χ3v) is 13.2. The SMILES string of the molecule is c1ccc(-n2c3ccccc3c3ccc4c(c5ccccc5n4-c4ccc5sc6ccc(-c7ccc8c(c7)sc7ccccc78)cc6c5c4)c32)cc1. The second kappa shape index (κ2) is 10.7. The summed E-state index contributed by atoms with van der Waals surface area (Å²) in [5.74, 6) is 0. The lowest BCUT2D eigenvalue weighted by Gasteiger charge is -2.10. The summed E-state index contributed by atoms with van der Waals surface area (Å²) in [6.45, 7) is 0. The fourth-order valence-corrected chi connectivity index (χ4v) is 10.8. The van der Waals surface area contributed by atoms with Crippen molar-refractivity contribution in [3.05, 3.63) is 170 Å². The van der Waals surface area contributed by atoms with Crippen molar-refractivity contribution in [3.63, 3.8) is 0 Å². The van der Waals surface area contributed by atoms with Crippen molar-refractivity contribution in [1.82, 2.24) is 9.13 Å². The summed E-state index contributed by atoms with van der Waals surface area (Å²) in [4.78, 5) is 0. The summed E-state index contributed by atoms with van der Waals surface area (Å²) < 4.78 is 10.2. The lowest BCUT2D eigenvalue weighted by Crippen LogP contribution is -1.95. The maximum absolute atomic E-state index is 2.47. The van der Waals surface area contributed by atoms with Crippen LogP contribution in [0.1, 0.15) is 0 Å². The number of benzene rings is 8. The van der Waals surface area contributed by atoms with Gasteiger partial charge in [0.25, 0.3) is 0 Å². The quantitative estimate of drug-likeness (QED) is 0.174. The molecule has 0 atom stereocenters. The van der Waals surface area contributed by atoms with Gasteiger partial charge in [0.05, 0.1) is 22.1 Å². The molecule has 0 spiro atoms. The number of hydrogen-bond acceptors (Lipinski definition) is 2. The van der Waals surface area contributed by atoms with Crippen LogP contribution in [0.15, 0.2) is 170 Å². The van der Waals surface area contributed by atoms with Crippen LogP contribution in [0.25, 0.3) is 106 Å². The maximum Gasteiger partial charge on any atom is 0.0641 e. The molecule has 0 N–H and O–H groups in total. The Balaban J connectivity index is 1.10. The molecule has 8 aromatic carbocycles. The zero-order valence-electron chi connectivity index (χ0n) is 27.9. The van der Waals surface area contributed by atoms with Crippen LogP contribution in [0.3, 0.4) is 0 Å². The summed E-state index contributed by atoms with van der Waals surface area (Å²) in [5.41, 5.74) is 9.77. The van der Waals surface area contributed by atoms with Gasteiger partial charge in [-0.1, -0.05) is 97.1 Å². The molecule has 0 fully saturated rings. The highest BCUT2D eigenvalue weighted by Crippen LogP contribution is 2.44. The first-order valence-corrected chi connectivity index (χ1v) is 19.3. The first-order chi connectivity index (χ1) is 25.8. The number of para-hydroxylation sites is 3. The van der Waals surface area contributed by atoms with Crippen LogP contribution in [0.5, 0.6) is 0 Å². The first-order valence-electron chi connectivity index (χ1n) is 17.7. The van der Waals surface area contributed by atoms with Crippen LogP contribution in [0.4, 0.5) is 0 Å². The van der Waals surface area contributed by atoms with Crippen molar-refractivity contribution in [1.29, 1.82) is 0 Å². The van der Waals surface area contributed by atoms with E-state index >= 15 is 0 Å². The largest absolute Gasteiger partial charge is 0.309 e. The minimum atomic E-state index is 1.17. The van der Waals surface area contributed by atoms with Gasteiger partial charge >= 0.3 is 0 Å². The van der Waals surface area contributed by atoms with Gasteiger partial charge in [0.1, 0.15) is 0 Å². The van der Waals surface area contributed by atoms with Gasteiger partial charge in [0.2, 0.25) is 0 Å². The number of aromatic nitrogens is 2. The summed E-state index contributed by atoms with van der Waals surface area (Å²) in [7, 11) is 0. The Labute approximate surface area is 306 Å². The predicted molar refractivity (Wildman–Crippen MR) is 226 cm³/mol. The summed E-state index contributed by atoms with van der Waals surface area (Å²) >= 11 is 3.76. The highest BCUT2D eigenvalue weighted by molar-refractivity contribution is 7.26. The molecule has 0 aliphatic carbocycles. The molecule has 0 amide bonds. The number of fused-ring (bicyclic) bond motifs is 13. The van der Waals surface area contributed by atoms with Gasteiger partial charge in [-0.3, -0.25) is 0 Å². The summed E-state index contributed by atoms with van der Waals surface area (Å²) in [6, 6.07) is 62.9. The molecular weight excluding hydrogens is 669 g/mol. The molecule has 0 saturated heterocycles. The van der Waals surface area contributed by atoms with Crippen molar-refractivity contribution in [2.24, 2.45) is 0 Å². The molecule has 0 aliphatic rings. The van der Waals surface area contributed by atoms with Crippen LogP contribution in [0, 0.1) is 0 Å². The van der Waals surface area contributed by atoms with Crippen LogP contribution in [-0.2, 0) is 0 Å². The molecule has 2 nitrogen and oxygen atoms in total. The van der Waals surface area contributed by atoms with E-state index in [1.54, 1.807) is 0 Å². The van der Waals surface area contributed by atoms with Crippen molar-refractivity contribution >= 4 is 107 Å². The van der Waals surface area contributed by atoms with Gasteiger partial charge in [-0.25, -0.2) is 0 Å². The molecular formula is C48H28N2S2. The monoisotopic (exact) mass is 696 g/mol. The average Bonchev–Trinajstić information content (AvgIpc) is 3.95. The van der Waals surface area contributed by atoms with E-state index in [0.29, 0.717) is 0 Å². The van der Waals surface area contributed by atoms with E-state index in [2.05, 4.69) is 179 Å². The van der Waals surface area contributed by atoms with Crippen molar-refractivity contribution in [2.75, 3.05) is 0 Å². The van der Waals surface area contributed by atoms with Crippen molar-refractivity contribution in [2.45, 2.75) is 0 Å². The van der Waals surface area contributed by atoms with Crippen LogP contribution in [-0.4, -0.2) is 9.13 Å². The summed E-state index contributed by atoms with van der Waals surface area (Å²) in [5, 5.41) is 10.4. The van der Waals surface area contributed by atoms with Crippen LogP contribution in [0.2, 0.25) is 0 Å². The minimum absolute atomic E-state index is 1.17. The van der Waals surface area contributed by atoms with E-state index in [-0.39, 0.29) is 0 Å². The van der Waals surface area contributed by atoms with E-state index in [9.17, 15) is 0 Å². The van der Waals surface area contributed by atoms with E-state index in [4.69, 9.17) is 0 Å². The molecule has 4 heterocycles. The fraction of sp³-hybridized carbons (Fsp3) is 0. The van der Waals surface area contributed by atoms with E-state index in [0.717, 1.165) is 0 Å². The zero-order chi connectivity index (χ0) is 33.9. The topological polar surface area (TPSA) is 9.86 Å². The molecule has 0 aliphatic heterocycles. The van der Waals surface area contributed by atoms with Crippen LogP contribution < -0.4 is 0 Å². The van der Waals surface area contributed by atoms with Gasteiger partial charge < -0.3 is 9.13 Å². The normalized spacial score (nSPS) is 12.2. The molecule has 0 unspecified atom stereocenters. The highest BCUT2D eigenvalue weighted by Gasteiger charge is 2.21. The molecule has 4 heteroatoms. The van der Waals surface area contributed by atoms with Crippen LogP contribution >= 0.6 is 22.7 Å². The smallest absolute Gasteiger partial charge is 0.0641 e. The van der Waals surface area contributed by atoms with Gasteiger partial charge in [0, 0.05) is 73.3 Å². The second-order valence-corrected chi connectivity index (χ2v) is 15.9. The maximum atomic E-state index is 2.47. The number of nitrogens with zero attached hydrogens (tertiary/aromatic N) is 2. The Morgan fingerprint density at radius 1 is 0.308 bits per heavy atom. The second-order valence-electron chi connectivity index (χ2n) is 13.7. The Morgan fingerprint density at radius 3 is 1.77 bits per heavy atom. The Hall–Kier alpha value is -6.20. The number of thiophene rings is 2. The summed E-state index contributed by atoms with van der Waals surface area (Å²) in [6.07, 6.45) is 0. The predicted octanol–water partition coefficient (Wildman–Crippen LogP) is 14.3. The molecule has 52 heavy (non-hydrogen) atoms. The molecule has 0 radical (unpaired) electrons. The van der Waals surface area contributed by atoms with E-state index in [1.807, 2.05) is 22.7 Å². The van der Waals surface area contributed by atoms with Gasteiger partial charge in [-0.2, -0.15) is 0 Å². The Morgan fingerprint density at radius 2 is 0.904 bits per heavy atom. The molecule has 12 aromatic rings. The van der Waals surface area contributed by atoms with E-state index in [1.165, 1.54) is 106 Å². The lowest BCUT2D eigenvalue weighted by atomic mass is 10.0. The molecule has 242 valence electrons. The van der Waals surface area contributed by atoms with E-state index < -0.39 is 0 Å². The average molecular weight is 697 g/mol. The molecule has 12 rings (SSSR count). The van der Waals surface area contributed by atoms with Gasteiger partial charge in [0.15, 0.2) is 0 Å². The van der Waals surface area contributed by atoms with Gasteiger partial charge in [-0.05, 0) is 83.9 Å². The Bertz CT molecular complexity index is 3410. The van der Waals surface area contributed by atoms with Crippen molar-refractivity contribution < 1.29 is 0 Å². The standard InChI is InChI=1S/C48H28N2S2/c1-2-10-31(11-3-1)50-40-15-7-4-12-33(40)36-22-23-42-47(48(36)50)37-14-5-8-16-41(37)49(42)32-20-25-45-39(28-32)38-26-29(19-24-44(38)51-45)30-18-21-35-34-13-6-9-17-43(34)52-46(35)27-30/h1-28H. The first kappa shape index (κ1) is 28.5. The molecule has 0 bridgehead atoms. The van der Waals surface area contributed by atoms with Crippen molar-refractivity contribution in [3.8, 4) is 22.5 Å². The Kier molecular flexibility index (Phi) is 5.84. The zero-order valence-corrected chi connectivity index (χ0v) is 29.5.